The lowest BCUT2D eigenvalue weighted by Gasteiger charge is -2.13. The van der Waals surface area contributed by atoms with Crippen LogP contribution in [0.5, 0.6) is 0 Å². The van der Waals surface area contributed by atoms with Crippen molar-refractivity contribution in [3.63, 3.8) is 0 Å². The van der Waals surface area contributed by atoms with E-state index in [9.17, 15) is 4.79 Å². The van der Waals surface area contributed by atoms with E-state index in [-0.39, 0.29) is 11.3 Å². The van der Waals surface area contributed by atoms with Gasteiger partial charge in [-0.15, -0.1) is 11.6 Å². The van der Waals surface area contributed by atoms with Crippen molar-refractivity contribution in [3.05, 3.63) is 62.7 Å². The molecule has 0 saturated heterocycles. The van der Waals surface area contributed by atoms with Gasteiger partial charge < -0.3 is 5.32 Å². The zero-order chi connectivity index (χ0) is 14.7. The van der Waals surface area contributed by atoms with Gasteiger partial charge in [-0.1, -0.05) is 30.3 Å². The molecule has 0 bridgehead atoms. The van der Waals surface area contributed by atoms with E-state index in [1.165, 1.54) is 0 Å². The monoisotopic (exact) mass is 399 g/mol. The lowest BCUT2D eigenvalue weighted by atomic mass is 10.1. The number of nitrogens with one attached hydrogen (secondary N) is 1. The second kappa shape index (κ2) is 6.59. The highest BCUT2D eigenvalue weighted by atomic mass is 127. The molecule has 4 heteroatoms. The third-order valence-corrected chi connectivity index (χ3v) is 4.74. The standard InChI is InChI=1S/C16H15ClINO/c1-10-6-5-8-13(15(10)18)16(20)19-14-9-4-3-7-12(14)11(2)17/h3-9,11H,1-2H3,(H,19,20). The topological polar surface area (TPSA) is 29.1 Å². The number of hydrogen-bond acceptors (Lipinski definition) is 1. The van der Waals surface area contributed by atoms with E-state index < -0.39 is 0 Å². The van der Waals surface area contributed by atoms with E-state index in [0.717, 1.165) is 20.4 Å². The van der Waals surface area contributed by atoms with Gasteiger partial charge in [-0.2, -0.15) is 0 Å². The summed E-state index contributed by atoms with van der Waals surface area (Å²) in [5.74, 6) is -0.108. The maximum Gasteiger partial charge on any atom is 0.256 e. The van der Waals surface area contributed by atoms with E-state index >= 15 is 0 Å². The Labute approximate surface area is 137 Å². The third kappa shape index (κ3) is 3.33. The van der Waals surface area contributed by atoms with Crippen LogP contribution in [0.3, 0.4) is 0 Å². The molecule has 0 aliphatic carbocycles. The van der Waals surface area contributed by atoms with Gasteiger partial charge in [-0.3, -0.25) is 4.79 Å². The van der Waals surface area contributed by atoms with Crippen LogP contribution in [-0.2, 0) is 0 Å². The number of halogens is 2. The van der Waals surface area contributed by atoms with Crippen LogP contribution >= 0.6 is 34.2 Å². The second-order valence-electron chi connectivity index (χ2n) is 4.59. The lowest BCUT2D eigenvalue weighted by Crippen LogP contribution is -2.15. The Morgan fingerprint density at radius 1 is 1.20 bits per heavy atom. The molecule has 2 aromatic carbocycles. The molecule has 1 unspecified atom stereocenters. The molecule has 2 aromatic rings. The Kier molecular flexibility index (Phi) is 5.05. The van der Waals surface area contributed by atoms with Gasteiger partial charge in [0.25, 0.3) is 5.91 Å². The number of aryl methyl sites for hydroxylation is 1. The second-order valence-corrected chi connectivity index (χ2v) is 6.33. The predicted molar refractivity (Wildman–Crippen MR) is 92.6 cm³/mol. The van der Waals surface area contributed by atoms with Crippen molar-refractivity contribution in [3.8, 4) is 0 Å². The van der Waals surface area contributed by atoms with Crippen molar-refractivity contribution in [2.24, 2.45) is 0 Å². The molecular formula is C16H15ClINO. The quantitative estimate of drug-likeness (QED) is 0.561. The molecule has 0 fully saturated rings. The average Bonchev–Trinajstić information content (AvgIpc) is 2.42. The summed E-state index contributed by atoms with van der Waals surface area (Å²) in [6.45, 7) is 3.89. The van der Waals surface area contributed by atoms with Crippen molar-refractivity contribution < 1.29 is 4.79 Å². The molecule has 20 heavy (non-hydrogen) atoms. The smallest absolute Gasteiger partial charge is 0.256 e. The van der Waals surface area contributed by atoms with Crippen LogP contribution in [0.4, 0.5) is 5.69 Å². The molecule has 0 spiro atoms. The Morgan fingerprint density at radius 3 is 2.60 bits per heavy atom. The summed E-state index contributed by atoms with van der Waals surface area (Å²) in [5.41, 5.74) is 3.46. The number of rotatable bonds is 3. The molecule has 0 heterocycles. The lowest BCUT2D eigenvalue weighted by molar-refractivity contribution is 0.102. The number of benzene rings is 2. The first-order chi connectivity index (χ1) is 9.50. The van der Waals surface area contributed by atoms with Gasteiger partial charge in [0.1, 0.15) is 0 Å². The van der Waals surface area contributed by atoms with E-state index in [0.29, 0.717) is 5.56 Å². The zero-order valence-corrected chi connectivity index (χ0v) is 14.2. The van der Waals surface area contributed by atoms with Gasteiger partial charge >= 0.3 is 0 Å². The Balaban J connectivity index is 2.31. The normalized spacial score (nSPS) is 12.0. The summed E-state index contributed by atoms with van der Waals surface area (Å²) in [6.07, 6.45) is 0. The van der Waals surface area contributed by atoms with Gasteiger partial charge in [0.05, 0.1) is 10.9 Å². The maximum atomic E-state index is 12.4. The molecule has 0 aromatic heterocycles. The molecule has 1 atom stereocenters. The molecule has 0 aliphatic heterocycles. The number of hydrogen-bond donors (Lipinski definition) is 1. The van der Waals surface area contributed by atoms with Crippen molar-refractivity contribution in [1.29, 1.82) is 0 Å². The van der Waals surface area contributed by atoms with Crippen LogP contribution in [0, 0.1) is 10.5 Å². The molecule has 1 N–H and O–H groups in total. The largest absolute Gasteiger partial charge is 0.322 e. The summed E-state index contributed by atoms with van der Waals surface area (Å²) >= 11 is 8.34. The minimum absolute atomic E-state index is 0.108. The number of carbonyl (C=O) groups excluding carboxylic acids is 1. The summed E-state index contributed by atoms with van der Waals surface area (Å²) in [7, 11) is 0. The molecular weight excluding hydrogens is 385 g/mol. The van der Waals surface area contributed by atoms with Crippen LogP contribution in [0.2, 0.25) is 0 Å². The van der Waals surface area contributed by atoms with Gasteiger partial charge in [0, 0.05) is 9.26 Å². The number of amides is 1. The molecule has 2 rings (SSSR count). The molecule has 104 valence electrons. The minimum atomic E-state index is -0.150. The summed E-state index contributed by atoms with van der Waals surface area (Å²) in [4.78, 5) is 12.4. The van der Waals surface area contributed by atoms with Crippen LogP contribution < -0.4 is 5.32 Å². The number of alkyl halides is 1. The summed E-state index contributed by atoms with van der Waals surface area (Å²) < 4.78 is 0.971. The van der Waals surface area contributed by atoms with Crippen LogP contribution in [0.25, 0.3) is 0 Å². The zero-order valence-electron chi connectivity index (χ0n) is 11.3. The van der Waals surface area contributed by atoms with Gasteiger partial charge in [-0.25, -0.2) is 0 Å². The first kappa shape index (κ1) is 15.3. The predicted octanol–water partition coefficient (Wildman–Crippen LogP) is 5.15. The van der Waals surface area contributed by atoms with Crippen molar-refractivity contribution in [2.75, 3.05) is 5.32 Å². The summed E-state index contributed by atoms with van der Waals surface area (Å²) in [5, 5.41) is 2.80. The van der Waals surface area contributed by atoms with Gasteiger partial charge in [0.15, 0.2) is 0 Å². The fraction of sp³-hybridized carbons (Fsp3) is 0.188. The summed E-state index contributed by atoms with van der Waals surface area (Å²) in [6, 6.07) is 13.3. The fourth-order valence-electron chi connectivity index (χ4n) is 1.97. The highest BCUT2D eigenvalue weighted by Gasteiger charge is 2.14. The Hall–Kier alpha value is -1.07. The molecule has 0 aliphatic rings. The van der Waals surface area contributed by atoms with E-state index in [1.54, 1.807) is 0 Å². The van der Waals surface area contributed by atoms with Gasteiger partial charge in [-0.05, 0) is 59.7 Å². The minimum Gasteiger partial charge on any atom is -0.322 e. The highest BCUT2D eigenvalue weighted by Crippen LogP contribution is 2.28. The van der Waals surface area contributed by atoms with Crippen LogP contribution in [0.15, 0.2) is 42.5 Å². The third-order valence-electron chi connectivity index (χ3n) is 3.07. The first-order valence-corrected chi connectivity index (χ1v) is 7.81. The number of anilines is 1. The van der Waals surface area contributed by atoms with Crippen LogP contribution in [0.1, 0.15) is 33.8 Å². The molecule has 1 amide bonds. The Morgan fingerprint density at radius 2 is 1.90 bits per heavy atom. The van der Waals surface area contributed by atoms with Crippen molar-refractivity contribution in [1.82, 2.24) is 0 Å². The van der Waals surface area contributed by atoms with E-state index in [2.05, 4.69) is 27.9 Å². The van der Waals surface area contributed by atoms with Crippen LogP contribution in [-0.4, -0.2) is 5.91 Å². The molecule has 0 saturated carbocycles. The van der Waals surface area contributed by atoms with Crippen molar-refractivity contribution in [2.45, 2.75) is 19.2 Å². The molecule has 0 radical (unpaired) electrons. The fourth-order valence-corrected chi connectivity index (χ4v) is 2.76. The number of para-hydroxylation sites is 1. The highest BCUT2D eigenvalue weighted by molar-refractivity contribution is 14.1. The van der Waals surface area contributed by atoms with Crippen molar-refractivity contribution >= 4 is 45.8 Å². The first-order valence-electron chi connectivity index (χ1n) is 6.30. The average molecular weight is 400 g/mol. The van der Waals surface area contributed by atoms with E-state index in [4.69, 9.17) is 11.6 Å². The SMILES string of the molecule is Cc1cccc(C(=O)Nc2ccccc2C(C)Cl)c1I. The Bertz CT molecular complexity index is 640. The number of carbonyl (C=O) groups is 1. The molecule has 2 nitrogen and oxygen atoms in total. The van der Waals surface area contributed by atoms with Gasteiger partial charge in [0.2, 0.25) is 0 Å². The maximum absolute atomic E-state index is 12.4. The van der Waals surface area contributed by atoms with E-state index in [1.807, 2.05) is 56.3 Å².